The maximum atomic E-state index is 14.1. The number of carbonyl (C=O) groups excluding carboxylic acids is 1. The molecule has 1 aliphatic rings. The summed E-state index contributed by atoms with van der Waals surface area (Å²) in [5.74, 6) is 0.577. The maximum absolute atomic E-state index is 14.1. The summed E-state index contributed by atoms with van der Waals surface area (Å²) in [5.41, 5.74) is 8.50. The summed E-state index contributed by atoms with van der Waals surface area (Å²) >= 11 is 0. The van der Waals surface area contributed by atoms with Gasteiger partial charge in [0, 0.05) is 12.4 Å². The molecule has 0 aliphatic heterocycles. The van der Waals surface area contributed by atoms with Gasteiger partial charge in [-0.2, -0.15) is 0 Å². The molecule has 196 valence electrons. The Morgan fingerprint density at radius 1 is 1.10 bits per heavy atom. The first-order chi connectivity index (χ1) is 19.0. The lowest BCUT2D eigenvalue weighted by Crippen LogP contribution is -2.33. The average Bonchev–Trinajstić information content (AvgIpc) is 3.59. The van der Waals surface area contributed by atoms with Gasteiger partial charge in [-0.05, 0) is 55.5 Å². The van der Waals surface area contributed by atoms with E-state index in [-0.39, 0.29) is 16.9 Å². The number of carbonyl (C=O) groups is 1. The fourth-order valence-corrected chi connectivity index (χ4v) is 5.37. The number of allylic oxidation sites excluding steroid dienone is 1. The molecule has 1 amide bonds. The summed E-state index contributed by atoms with van der Waals surface area (Å²) in [6, 6.07) is 16.1. The highest BCUT2D eigenvalue weighted by molar-refractivity contribution is 6.04. The first-order valence-electron chi connectivity index (χ1n) is 13.2. The van der Waals surface area contributed by atoms with Crippen molar-refractivity contribution in [3.63, 3.8) is 0 Å². The Kier molecular flexibility index (Phi) is 6.40. The van der Waals surface area contributed by atoms with Crippen LogP contribution in [0.3, 0.4) is 0 Å². The van der Waals surface area contributed by atoms with Crippen LogP contribution in [0.4, 0.5) is 5.82 Å². The average molecular weight is 520 g/mol. The standard InChI is InChI=1S/C30H29N7O2/c1-19(33-29(38)25-26(31)35-36-18-8-17-32-28(25)36)27-34-23-14-7-11-21(16-15-20-9-5-6-10-20)24(23)30(39)37(27)22-12-3-2-4-13-22/h2-4,7-8,11-20H,5-6,9-10H2,1H3,(H2,31,35)(H,33,38)/b16-15+/t19-/m1/s1. The Hall–Kier alpha value is -4.79. The van der Waals surface area contributed by atoms with E-state index in [0.29, 0.717) is 34.0 Å². The third kappa shape index (κ3) is 4.56. The van der Waals surface area contributed by atoms with Gasteiger partial charge in [0.25, 0.3) is 11.5 Å². The number of fused-ring (bicyclic) bond motifs is 2. The van der Waals surface area contributed by atoms with Crippen molar-refractivity contribution in [2.24, 2.45) is 5.92 Å². The van der Waals surface area contributed by atoms with E-state index in [9.17, 15) is 9.59 Å². The van der Waals surface area contributed by atoms with Gasteiger partial charge in [-0.3, -0.25) is 14.2 Å². The smallest absolute Gasteiger partial charge is 0.266 e. The summed E-state index contributed by atoms with van der Waals surface area (Å²) in [5, 5.41) is 7.70. The number of nitrogens with two attached hydrogens (primary N) is 1. The summed E-state index contributed by atoms with van der Waals surface area (Å²) in [6.07, 6.45) is 12.4. The molecular weight excluding hydrogens is 490 g/mol. The molecule has 0 bridgehead atoms. The number of para-hydroxylation sites is 1. The quantitative estimate of drug-likeness (QED) is 0.335. The van der Waals surface area contributed by atoms with Crippen LogP contribution >= 0.6 is 0 Å². The van der Waals surface area contributed by atoms with E-state index in [1.807, 2.05) is 48.5 Å². The summed E-state index contributed by atoms with van der Waals surface area (Å²) in [7, 11) is 0. The van der Waals surface area contributed by atoms with Crippen molar-refractivity contribution in [2.45, 2.75) is 38.6 Å². The van der Waals surface area contributed by atoms with Crippen LogP contribution in [0.25, 0.3) is 28.3 Å². The molecule has 1 saturated carbocycles. The van der Waals surface area contributed by atoms with Crippen molar-refractivity contribution in [1.82, 2.24) is 29.5 Å². The third-order valence-electron chi connectivity index (χ3n) is 7.30. The van der Waals surface area contributed by atoms with Crippen molar-refractivity contribution in [3.8, 4) is 5.69 Å². The first-order valence-corrected chi connectivity index (χ1v) is 13.2. The molecule has 1 fully saturated rings. The molecule has 0 spiro atoms. The lowest BCUT2D eigenvalue weighted by atomic mass is 10.0. The number of amides is 1. The lowest BCUT2D eigenvalue weighted by Gasteiger charge is -2.20. The van der Waals surface area contributed by atoms with Crippen molar-refractivity contribution >= 4 is 34.4 Å². The number of rotatable bonds is 6. The normalized spacial score (nSPS) is 14.9. The summed E-state index contributed by atoms with van der Waals surface area (Å²) in [6.45, 7) is 1.80. The Morgan fingerprint density at radius 2 is 1.90 bits per heavy atom. The number of nitrogen functional groups attached to an aromatic ring is 1. The minimum atomic E-state index is -0.634. The monoisotopic (exact) mass is 519 g/mol. The van der Waals surface area contributed by atoms with Gasteiger partial charge in [0.05, 0.1) is 22.6 Å². The lowest BCUT2D eigenvalue weighted by molar-refractivity contribution is 0.0940. The van der Waals surface area contributed by atoms with Crippen LogP contribution in [0.5, 0.6) is 0 Å². The molecule has 39 heavy (non-hydrogen) atoms. The number of hydrogen-bond acceptors (Lipinski definition) is 6. The van der Waals surface area contributed by atoms with Crippen LogP contribution in [-0.2, 0) is 0 Å². The highest BCUT2D eigenvalue weighted by atomic mass is 16.2. The van der Waals surface area contributed by atoms with Gasteiger partial charge in [-0.25, -0.2) is 14.5 Å². The van der Waals surface area contributed by atoms with Gasteiger partial charge in [0.2, 0.25) is 0 Å². The van der Waals surface area contributed by atoms with Gasteiger partial charge in [0.1, 0.15) is 11.4 Å². The summed E-state index contributed by atoms with van der Waals surface area (Å²) in [4.78, 5) is 36.7. The Labute approximate surface area is 225 Å². The molecule has 0 radical (unpaired) electrons. The second-order valence-corrected chi connectivity index (χ2v) is 9.93. The molecule has 3 aromatic heterocycles. The highest BCUT2D eigenvalue weighted by Gasteiger charge is 2.25. The molecule has 9 heteroatoms. The summed E-state index contributed by atoms with van der Waals surface area (Å²) < 4.78 is 3.04. The zero-order chi connectivity index (χ0) is 26.9. The van der Waals surface area contributed by atoms with Crippen LogP contribution < -0.4 is 16.6 Å². The van der Waals surface area contributed by atoms with Gasteiger partial charge in [-0.1, -0.05) is 55.3 Å². The molecule has 1 atom stereocenters. The van der Waals surface area contributed by atoms with E-state index in [4.69, 9.17) is 10.7 Å². The van der Waals surface area contributed by atoms with E-state index < -0.39 is 11.9 Å². The van der Waals surface area contributed by atoms with E-state index >= 15 is 0 Å². The minimum absolute atomic E-state index is 0.0732. The van der Waals surface area contributed by atoms with Crippen molar-refractivity contribution in [2.75, 3.05) is 5.73 Å². The fourth-order valence-electron chi connectivity index (χ4n) is 5.37. The number of nitrogens with zero attached hydrogens (tertiary/aromatic N) is 5. The topological polar surface area (TPSA) is 120 Å². The molecule has 3 heterocycles. The first kappa shape index (κ1) is 24.5. The molecular formula is C30H29N7O2. The number of benzene rings is 2. The van der Waals surface area contributed by atoms with Crippen LogP contribution in [0.2, 0.25) is 0 Å². The van der Waals surface area contributed by atoms with E-state index in [0.717, 1.165) is 5.56 Å². The molecule has 2 aromatic carbocycles. The van der Waals surface area contributed by atoms with Gasteiger partial charge in [0.15, 0.2) is 11.5 Å². The SMILES string of the molecule is C[C@@H](NC(=O)c1c(N)nn2cccnc12)c1nc2cccc(/C=C/C3CCCC3)c2c(=O)n1-c1ccccc1. The maximum Gasteiger partial charge on any atom is 0.266 e. The molecule has 6 rings (SSSR count). The molecule has 3 N–H and O–H groups in total. The number of anilines is 1. The molecule has 0 saturated heterocycles. The molecule has 9 nitrogen and oxygen atoms in total. The highest BCUT2D eigenvalue weighted by Crippen LogP contribution is 2.28. The van der Waals surface area contributed by atoms with E-state index in [1.54, 1.807) is 30.0 Å². The van der Waals surface area contributed by atoms with E-state index in [1.165, 1.54) is 30.2 Å². The fraction of sp³-hybridized carbons (Fsp3) is 0.233. The zero-order valence-electron chi connectivity index (χ0n) is 21.6. The number of aromatic nitrogens is 5. The molecule has 0 unspecified atom stereocenters. The predicted octanol–water partition coefficient (Wildman–Crippen LogP) is 4.71. The van der Waals surface area contributed by atoms with Crippen LogP contribution in [0.15, 0.2) is 77.9 Å². The Balaban J connectivity index is 1.45. The van der Waals surface area contributed by atoms with E-state index in [2.05, 4.69) is 27.6 Å². The van der Waals surface area contributed by atoms with Gasteiger partial charge >= 0.3 is 0 Å². The third-order valence-corrected chi connectivity index (χ3v) is 7.30. The minimum Gasteiger partial charge on any atom is -0.381 e. The Bertz CT molecular complexity index is 1770. The van der Waals surface area contributed by atoms with Crippen LogP contribution in [0, 0.1) is 5.92 Å². The molecule has 1 aliphatic carbocycles. The van der Waals surface area contributed by atoms with Gasteiger partial charge < -0.3 is 11.1 Å². The largest absolute Gasteiger partial charge is 0.381 e. The van der Waals surface area contributed by atoms with Crippen molar-refractivity contribution in [1.29, 1.82) is 0 Å². The second kappa shape index (κ2) is 10.2. The molecule has 5 aromatic rings. The van der Waals surface area contributed by atoms with Crippen molar-refractivity contribution in [3.05, 3.63) is 100 Å². The van der Waals surface area contributed by atoms with Crippen molar-refractivity contribution < 1.29 is 4.79 Å². The van der Waals surface area contributed by atoms with Crippen LogP contribution in [-0.4, -0.2) is 30.1 Å². The van der Waals surface area contributed by atoms with Crippen LogP contribution in [0.1, 0.15) is 60.4 Å². The predicted molar refractivity (Wildman–Crippen MR) is 152 cm³/mol. The number of hydrogen-bond donors (Lipinski definition) is 2. The number of nitrogens with one attached hydrogen (secondary N) is 1. The Morgan fingerprint density at radius 3 is 2.69 bits per heavy atom. The zero-order valence-corrected chi connectivity index (χ0v) is 21.6. The van der Waals surface area contributed by atoms with Gasteiger partial charge in [-0.15, -0.1) is 5.10 Å². The second-order valence-electron chi connectivity index (χ2n) is 9.93.